The van der Waals surface area contributed by atoms with Gasteiger partial charge >= 0.3 is 0 Å². The van der Waals surface area contributed by atoms with Crippen LogP contribution in [0.25, 0.3) is 17.1 Å². The fourth-order valence-corrected chi connectivity index (χ4v) is 3.99. The molecule has 0 N–H and O–H groups in total. The number of halogens is 1. The van der Waals surface area contributed by atoms with E-state index in [1.807, 2.05) is 31.2 Å². The zero-order chi connectivity index (χ0) is 20.2. The average molecular weight is 412 g/mol. The molecule has 1 aliphatic heterocycles. The first-order chi connectivity index (χ1) is 14.1. The molecule has 1 saturated heterocycles. The smallest absolute Gasteiger partial charge is 0.233 e. The Hall–Kier alpha value is -2.71. The van der Waals surface area contributed by atoms with Crippen LogP contribution in [0.3, 0.4) is 0 Å². The number of benzene rings is 2. The fraction of sp³-hybridized carbons (Fsp3) is 0.286. The van der Waals surface area contributed by atoms with Crippen LogP contribution in [0.15, 0.2) is 53.7 Å². The van der Waals surface area contributed by atoms with Crippen LogP contribution in [-0.2, 0) is 9.53 Å². The van der Waals surface area contributed by atoms with Crippen LogP contribution in [0, 0.1) is 12.7 Å². The molecule has 6 nitrogen and oxygen atoms in total. The zero-order valence-corrected chi connectivity index (χ0v) is 16.9. The first kappa shape index (κ1) is 19.6. The summed E-state index contributed by atoms with van der Waals surface area (Å²) in [6.45, 7) is 4.33. The quantitative estimate of drug-likeness (QED) is 0.602. The molecule has 0 saturated carbocycles. The molecule has 1 aromatic heterocycles. The monoisotopic (exact) mass is 412 g/mol. The van der Waals surface area contributed by atoms with Gasteiger partial charge in [-0.2, -0.15) is 0 Å². The number of hydrogen-bond acceptors (Lipinski definition) is 5. The van der Waals surface area contributed by atoms with Crippen molar-refractivity contribution >= 4 is 17.7 Å². The number of aryl methyl sites for hydroxylation is 1. The summed E-state index contributed by atoms with van der Waals surface area (Å²) in [4.78, 5) is 14.3. The number of ether oxygens (including phenoxy) is 1. The second-order valence-electron chi connectivity index (χ2n) is 6.74. The molecular formula is C21H21FN4O2S. The van der Waals surface area contributed by atoms with Gasteiger partial charge in [-0.1, -0.05) is 41.6 Å². The van der Waals surface area contributed by atoms with E-state index in [0.717, 1.165) is 11.3 Å². The molecule has 0 radical (unpaired) electrons. The van der Waals surface area contributed by atoms with Gasteiger partial charge in [-0.15, -0.1) is 10.2 Å². The van der Waals surface area contributed by atoms with E-state index >= 15 is 0 Å². The Morgan fingerprint density at radius 2 is 1.83 bits per heavy atom. The molecule has 3 aromatic rings. The second-order valence-corrected chi connectivity index (χ2v) is 7.68. The van der Waals surface area contributed by atoms with Gasteiger partial charge in [0.1, 0.15) is 5.82 Å². The number of hydrogen-bond donors (Lipinski definition) is 0. The minimum Gasteiger partial charge on any atom is -0.378 e. The molecule has 4 rings (SSSR count). The Kier molecular flexibility index (Phi) is 5.92. The summed E-state index contributed by atoms with van der Waals surface area (Å²) in [5.41, 5.74) is 2.30. The van der Waals surface area contributed by atoms with Gasteiger partial charge in [-0.3, -0.25) is 9.36 Å². The highest BCUT2D eigenvalue weighted by molar-refractivity contribution is 7.99. The third-order valence-electron chi connectivity index (χ3n) is 4.73. The van der Waals surface area contributed by atoms with Gasteiger partial charge in [-0.05, 0) is 31.2 Å². The fourth-order valence-electron chi connectivity index (χ4n) is 3.14. The first-order valence-corrected chi connectivity index (χ1v) is 10.4. The number of thioether (sulfide) groups is 1. The molecule has 0 unspecified atom stereocenters. The number of nitrogens with zero attached hydrogens (tertiary/aromatic N) is 4. The number of carbonyl (C=O) groups excluding carboxylic acids is 1. The van der Waals surface area contributed by atoms with Crippen molar-refractivity contribution in [1.82, 2.24) is 19.7 Å². The summed E-state index contributed by atoms with van der Waals surface area (Å²) >= 11 is 1.30. The summed E-state index contributed by atoms with van der Waals surface area (Å²) in [5, 5.41) is 9.06. The molecule has 1 aliphatic rings. The Morgan fingerprint density at radius 1 is 1.10 bits per heavy atom. The Balaban J connectivity index is 1.66. The van der Waals surface area contributed by atoms with Crippen molar-refractivity contribution in [3.63, 3.8) is 0 Å². The molecule has 150 valence electrons. The molecule has 0 spiro atoms. The summed E-state index contributed by atoms with van der Waals surface area (Å²) < 4.78 is 21.5. The maximum Gasteiger partial charge on any atom is 0.233 e. The van der Waals surface area contributed by atoms with Crippen LogP contribution < -0.4 is 0 Å². The minimum absolute atomic E-state index is 0.0317. The number of amides is 1. The highest BCUT2D eigenvalue weighted by Crippen LogP contribution is 2.29. The van der Waals surface area contributed by atoms with Gasteiger partial charge in [0.05, 0.1) is 24.5 Å². The van der Waals surface area contributed by atoms with Gasteiger partial charge in [-0.25, -0.2) is 4.39 Å². The molecule has 1 fully saturated rings. The van der Waals surface area contributed by atoms with Crippen LogP contribution in [0.1, 0.15) is 5.56 Å². The standard InChI is InChI=1S/C21H21FN4O2S/c1-15-6-8-16(9-7-15)26-20(17-4-2-3-5-18(17)22)23-24-21(26)29-14-19(27)25-10-12-28-13-11-25/h2-9H,10-14H2,1H3. The first-order valence-electron chi connectivity index (χ1n) is 9.39. The third kappa shape index (κ3) is 4.33. The third-order valence-corrected chi connectivity index (χ3v) is 5.64. The van der Waals surface area contributed by atoms with Crippen molar-refractivity contribution in [2.45, 2.75) is 12.1 Å². The number of aromatic nitrogens is 3. The lowest BCUT2D eigenvalue weighted by molar-refractivity contribution is -0.132. The van der Waals surface area contributed by atoms with Gasteiger partial charge in [0, 0.05) is 18.8 Å². The lowest BCUT2D eigenvalue weighted by Crippen LogP contribution is -2.41. The molecule has 29 heavy (non-hydrogen) atoms. The number of rotatable bonds is 5. The topological polar surface area (TPSA) is 60.2 Å². The largest absolute Gasteiger partial charge is 0.378 e. The van der Waals surface area contributed by atoms with Crippen molar-refractivity contribution in [1.29, 1.82) is 0 Å². The highest BCUT2D eigenvalue weighted by atomic mass is 32.2. The van der Waals surface area contributed by atoms with Crippen molar-refractivity contribution in [3.8, 4) is 17.1 Å². The van der Waals surface area contributed by atoms with Crippen LogP contribution in [-0.4, -0.2) is 57.6 Å². The second kappa shape index (κ2) is 8.75. The predicted octanol–water partition coefficient (Wildman–Crippen LogP) is 3.33. The SMILES string of the molecule is Cc1ccc(-n2c(SCC(=O)N3CCOCC3)nnc2-c2ccccc2F)cc1. The Labute approximate surface area is 172 Å². The van der Waals surface area contributed by atoms with Gasteiger partial charge in [0.15, 0.2) is 11.0 Å². The van der Waals surface area contributed by atoms with Gasteiger partial charge < -0.3 is 9.64 Å². The Morgan fingerprint density at radius 3 is 2.55 bits per heavy atom. The minimum atomic E-state index is -0.366. The van der Waals surface area contributed by atoms with Gasteiger partial charge in [0.2, 0.25) is 5.91 Å². The van der Waals surface area contributed by atoms with E-state index in [-0.39, 0.29) is 17.5 Å². The lowest BCUT2D eigenvalue weighted by atomic mass is 10.2. The van der Waals surface area contributed by atoms with E-state index in [9.17, 15) is 9.18 Å². The molecule has 2 aromatic carbocycles. The van der Waals surface area contributed by atoms with Crippen molar-refractivity contribution < 1.29 is 13.9 Å². The number of carbonyl (C=O) groups is 1. The van der Waals surface area contributed by atoms with Crippen molar-refractivity contribution in [2.75, 3.05) is 32.1 Å². The van der Waals surface area contributed by atoms with E-state index in [0.29, 0.717) is 42.8 Å². The van der Waals surface area contributed by atoms with E-state index in [2.05, 4.69) is 10.2 Å². The van der Waals surface area contributed by atoms with E-state index < -0.39 is 0 Å². The van der Waals surface area contributed by atoms with Gasteiger partial charge in [0.25, 0.3) is 0 Å². The highest BCUT2D eigenvalue weighted by Gasteiger charge is 2.21. The average Bonchev–Trinajstić information content (AvgIpc) is 3.17. The van der Waals surface area contributed by atoms with Crippen LogP contribution in [0.4, 0.5) is 4.39 Å². The van der Waals surface area contributed by atoms with Crippen molar-refractivity contribution in [3.05, 3.63) is 59.9 Å². The Bertz CT molecular complexity index is 1000. The summed E-state index contributed by atoms with van der Waals surface area (Å²) in [6.07, 6.45) is 0. The summed E-state index contributed by atoms with van der Waals surface area (Å²) in [7, 11) is 0. The van der Waals surface area contributed by atoms with E-state index in [1.165, 1.54) is 17.8 Å². The maximum absolute atomic E-state index is 14.4. The zero-order valence-electron chi connectivity index (χ0n) is 16.0. The van der Waals surface area contributed by atoms with E-state index in [4.69, 9.17) is 4.74 Å². The lowest BCUT2D eigenvalue weighted by Gasteiger charge is -2.26. The molecular weight excluding hydrogens is 391 g/mol. The van der Waals surface area contributed by atoms with Crippen LogP contribution in [0.5, 0.6) is 0 Å². The summed E-state index contributed by atoms with van der Waals surface area (Å²) in [5.74, 6) is 0.313. The molecule has 8 heteroatoms. The molecule has 1 amide bonds. The summed E-state index contributed by atoms with van der Waals surface area (Å²) in [6, 6.07) is 14.3. The normalized spacial score (nSPS) is 14.2. The van der Waals surface area contributed by atoms with Crippen LogP contribution >= 0.6 is 11.8 Å². The molecule has 0 atom stereocenters. The predicted molar refractivity (Wildman–Crippen MR) is 110 cm³/mol. The molecule has 0 aliphatic carbocycles. The van der Waals surface area contributed by atoms with Crippen LogP contribution in [0.2, 0.25) is 0 Å². The van der Waals surface area contributed by atoms with Crippen molar-refractivity contribution in [2.24, 2.45) is 0 Å². The number of morpholine rings is 1. The molecule has 2 heterocycles. The maximum atomic E-state index is 14.4. The van der Waals surface area contributed by atoms with E-state index in [1.54, 1.807) is 27.7 Å². The molecule has 0 bridgehead atoms.